The van der Waals surface area contributed by atoms with Gasteiger partial charge in [0, 0.05) is 31.3 Å². The van der Waals surface area contributed by atoms with Gasteiger partial charge in [-0.3, -0.25) is 4.79 Å². The van der Waals surface area contributed by atoms with E-state index in [9.17, 15) is 10.1 Å². The molecule has 3 aromatic rings. The Bertz CT molecular complexity index is 1020. The van der Waals surface area contributed by atoms with Crippen LogP contribution in [-0.4, -0.2) is 52.7 Å². The number of nitrogens with one attached hydrogen (secondary N) is 3. The van der Waals surface area contributed by atoms with Gasteiger partial charge in [-0.05, 0) is 24.6 Å². The highest BCUT2D eigenvalue weighted by Gasteiger charge is 2.23. The number of fused-ring (bicyclic) bond motifs is 1. The van der Waals surface area contributed by atoms with Crippen molar-refractivity contribution < 1.29 is 9.53 Å². The largest absolute Gasteiger partial charge is 0.367 e. The fourth-order valence-electron chi connectivity index (χ4n) is 3.29. The summed E-state index contributed by atoms with van der Waals surface area (Å²) in [4.78, 5) is 24.4. The van der Waals surface area contributed by atoms with Crippen molar-refractivity contribution in [2.24, 2.45) is 0 Å². The first-order valence-electron chi connectivity index (χ1n) is 9.65. The van der Waals surface area contributed by atoms with E-state index in [1.807, 2.05) is 36.5 Å². The molecular weight excluding hydrogens is 368 g/mol. The van der Waals surface area contributed by atoms with Crippen molar-refractivity contribution in [3.05, 3.63) is 48.3 Å². The number of carbonyl (C=O) groups is 1. The van der Waals surface area contributed by atoms with Crippen LogP contribution in [0.15, 0.2) is 42.7 Å². The molecule has 1 aliphatic rings. The number of nitrogens with zero attached hydrogens (tertiary/aromatic N) is 3. The third kappa shape index (κ3) is 4.59. The highest BCUT2D eigenvalue weighted by atomic mass is 16.5. The van der Waals surface area contributed by atoms with Crippen LogP contribution in [0.25, 0.3) is 22.4 Å². The molecule has 148 valence electrons. The van der Waals surface area contributed by atoms with Crippen LogP contribution >= 0.6 is 0 Å². The molecular formula is C21H22N6O2. The maximum Gasteiger partial charge on any atom is 0.251 e. The number of H-pyrrole nitrogens is 1. The molecule has 0 bridgehead atoms. The lowest BCUT2D eigenvalue weighted by Gasteiger charge is -2.18. The van der Waals surface area contributed by atoms with Crippen molar-refractivity contribution in [1.29, 1.82) is 5.26 Å². The van der Waals surface area contributed by atoms with Gasteiger partial charge in [-0.2, -0.15) is 5.26 Å². The number of amides is 1. The molecule has 0 saturated carbocycles. The van der Waals surface area contributed by atoms with Crippen LogP contribution in [0.4, 0.5) is 0 Å². The van der Waals surface area contributed by atoms with Gasteiger partial charge in [0.1, 0.15) is 17.7 Å². The van der Waals surface area contributed by atoms with Crippen molar-refractivity contribution in [2.75, 3.05) is 19.7 Å². The topological polar surface area (TPSA) is 116 Å². The summed E-state index contributed by atoms with van der Waals surface area (Å²) in [6.45, 7) is 1.84. The average molecular weight is 390 g/mol. The second kappa shape index (κ2) is 8.82. The molecule has 3 N–H and O–H groups in total. The minimum atomic E-state index is -0.615. The number of ether oxygens (including phenoxy) is 1. The Hall–Kier alpha value is -3.28. The second-order valence-corrected chi connectivity index (χ2v) is 6.98. The molecule has 0 radical (unpaired) electrons. The van der Waals surface area contributed by atoms with Crippen LogP contribution in [0.3, 0.4) is 0 Å². The number of rotatable bonds is 5. The smallest absolute Gasteiger partial charge is 0.251 e. The van der Waals surface area contributed by atoms with Crippen molar-refractivity contribution in [3.63, 3.8) is 0 Å². The van der Waals surface area contributed by atoms with Gasteiger partial charge in [0.05, 0.1) is 18.0 Å². The fraction of sp³-hybridized carbons (Fsp3) is 0.333. The van der Waals surface area contributed by atoms with E-state index in [2.05, 4.69) is 31.7 Å². The van der Waals surface area contributed by atoms with Crippen molar-refractivity contribution in [3.8, 4) is 17.3 Å². The van der Waals surface area contributed by atoms with E-state index < -0.39 is 12.1 Å². The predicted octanol–water partition coefficient (Wildman–Crippen LogP) is 1.55. The van der Waals surface area contributed by atoms with E-state index in [1.54, 1.807) is 6.20 Å². The lowest BCUT2D eigenvalue weighted by Crippen LogP contribution is -2.46. The zero-order valence-corrected chi connectivity index (χ0v) is 15.9. The minimum Gasteiger partial charge on any atom is -0.367 e. The maximum atomic E-state index is 12.4. The maximum absolute atomic E-state index is 12.4. The van der Waals surface area contributed by atoms with Gasteiger partial charge < -0.3 is 20.4 Å². The third-order valence-corrected chi connectivity index (χ3v) is 4.86. The molecule has 8 heteroatoms. The van der Waals surface area contributed by atoms with Crippen molar-refractivity contribution in [2.45, 2.75) is 25.0 Å². The summed E-state index contributed by atoms with van der Waals surface area (Å²) in [5.41, 5.74) is 4.25. The number of hydrogen-bond acceptors (Lipinski definition) is 6. The van der Waals surface area contributed by atoms with Gasteiger partial charge in [0.25, 0.3) is 5.91 Å². The Labute approximate surface area is 168 Å². The summed E-state index contributed by atoms with van der Waals surface area (Å²) in [7, 11) is 0. The van der Waals surface area contributed by atoms with Gasteiger partial charge in [0.15, 0.2) is 5.65 Å². The summed E-state index contributed by atoms with van der Waals surface area (Å²) in [5.74, 6) is -0.252. The second-order valence-electron chi connectivity index (χ2n) is 6.98. The summed E-state index contributed by atoms with van der Waals surface area (Å²) in [6, 6.07) is 11.2. The summed E-state index contributed by atoms with van der Waals surface area (Å²) in [6.07, 6.45) is 4.28. The molecule has 2 atom stereocenters. The molecule has 1 saturated heterocycles. The lowest BCUT2D eigenvalue weighted by atomic mass is 10.0. The molecule has 1 amide bonds. The average Bonchev–Trinajstić information content (AvgIpc) is 3.05. The fourth-order valence-corrected chi connectivity index (χ4v) is 3.29. The van der Waals surface area contributed by atoms with Gasteiger partial charge in [-0.15, -0.1) is 0 Å². The number of aromatic nitrogens is 3. The predicted molar refractivity (Wildman–Crippen MR) is 108 cm³/mol. The first-order chi connectivity index (χ1) is 14.2. The van der Waals surface area contributed by atoms with Crippen molar-refractivity contribution in [1.82, 2.24) is 25.6 Å². The zero-order chi connectivity index (χ0) is 20.1. The summed E-state index contributed by atoms with van der Waals surface area (Å²) >= 11 is 0. The SMILES string of the molecule is N#C[C@H](Cc1ccc(-c2cnc3[nH]ccc3n2)cc1)NC(=O)[C@@H]1CNCCCO1. The molecule has 1 aromatic carbocycles. The Morgan fingerprint density at radius 2 is 2.21 bits per heavy atom. The van der Waals surface area contributed by atoms with Crippen LogP contribution in [-0.2, 0) is 16.0 Å². The van der Waals surface area contributed by atoms with Crippen molar-refractivity contribution >= 4 is 17.1 Å². The van der Waals surface area contributed by atoms with E-state index in [1.165, 1.54) is 0 Å². The normalized spacial score (nSPS) is 18.0. The number of carbonyl (C=O) groups excluding carboxylic acids is 1. The third-order valence-electron chi connectivity index (χ3n) is 4.86. The van der Waals surface area contributed by atoms with E-state index in [4.69, 9.17) is 4.74 Å². The zero-order valence-electron chi connectivity index (χ0n) is 15.9. The van der Waals surface area contributed by atoms with Gasteiger partial charge in [-0.25, -0.2) is 9.97 Å². The van der Waals surface area contributed by atoms with E-state index >= 15 is 0 Å². The van der Waals surface area contributed by atoms with Gasteiger partial charge >= 0.3 is 0 Å². The first-order valence-corrected chi connectivity index (χ1v) is 9.65. The molecule has 1 fully saturated rings. The quantitative estimate of drug-likeness (QED) is 0.609. The number of nitriles is 1. The Morgan fingerprint density at radius 3 is 3.03 bits per heavy atom. The molecule has 2 aromatic heterocycles. The van der Waals surface area contributed by atoms with Crippen LogP contribution < -0.4 is 10.6 Å². The van der Waals surface area contributed by atoms with Crippen LogP contribution in [0.5, 0.6) is 0 Å². The van der Waals surface area contributed by atoms with Gasteiger partial charge in [0.2, 0.25) is 0 Å². The Morgan fingerprint density at radius 1 is 1.34 bits per heavy atom. The molecule has 0 unspecified atom stereocenters. The molecule has 0 aliphatic carbocycles. The van der Waals surface area contributed by atoms with E-state index in [-0.39, 0.29) is 5.91 Å². The van der Waals surface area contributed by atoms with E-state index in [0.29, 0.717) is 19.6 Å². The van der Waals surface area contributed by atoms with Crippen LogP contribution in [0, 0.1) is 11.3 Å². The highest BCUT2D eigenvalue weighted by Crippen LogP contribution is 2.19. The minimum absolute atomic E-state index is 0.252. The van der Waals surface area contributed by atoms with Crippen LogP contribution in [0.2, 0.25) is 0 Å². The Balaban J connectivity index is 1.40. The summed E-state index contributed by atoms with van der Waals surface area (Å²) < 4.78 is 5.55. The lowest BCUT2D eigenvalue weighted by molar-refractivity contribution is -0.132. The number of aromatic amines is 1. The first kappa shape index (κ1) is 19.1. The molecule has 29 heavy (non-hydrogen) atoms. The summed E-state index contributed by atoms with van der Waals surface area (Å²) in [5, 5.41) is 15.4. The molecule has 3 heterocycles. The highest BCUT2D eigenvalue weighted by molar-refractivity contribution is 5.81. The molecule has 8 nitrogen and oxygen atoms in total. The standard InChI is InChI=1S/C21H22N6O2/c22-11-16(26-21(28)19-13-23-7-1-9-29-19)10-14-2-4-15(5-3-14)18-12-25-20-17(27-18)6-8-24-20/h2-6,8,12,16,19,23H,1,7,9-10,13H2,(H,24,25)(H,26,28)/t16-,19-/m0/s1. The van der Waals surface area contributed by atoms with Gasteiger partial charge in [-0.1, -0.05) is 24.3 Å². The molecule has 4 rings (SSSR count). The molecule has 1 aliphatic heterocycles. The Kier molecular flexibility index (Phi) is 5.79. The van der Waals surface area contributed by atoms with Crippen LogP contribution in [0.1, 0.15) is 12.0 Å². The molecule has 0 spiro atoms. The number of benzene rings is 1. The van der Waals surface area contributed by atoms with E-state index in [0.717, 1.165) is 41.0 Å². The monoisotopic (exact) mass is 390 g/mol. The number of hydrogen-bond donors (Lipinski definition) is 3.